The second kappa shape index (κ2) is 16.9. The molecule has 2 heterocycles. The molecule has 13 rings (SSSR count). The van der Waals surface area contributed by atoms with Crippen molar-refractivity contribution in [2.45, 2.75) is 0 Å². The Hall–Kier alpha value is -9.18. The highest BCUT2D eigenvalue weighted by atomic mass is 16.3. The van der Waals surface area contributed by atoms with Gasteiger partial charge in [0.05, 0.1) is 16.7 Å². The van der Waals surface area contributed by atoms with Crippen LogP contribution in [0, 0.1) is 0 Å². The zero-order valence-corrected chi connectivity index (χ0v) is 37.7. The van der Waals surface area contributed by atoms with Crippen LogP contribution in [0.4, 0.5) is 17.1 Å². The largest absolute Gasteiger partial charge is 0.456 e. The first-order chi connectivity index (χ1) is 34.2. The lowest BCUT2D eigenvalue weighted by Gasteiger charge is -2.26. The van der Waals surface area contributed by atoms with Crippen molar-refractivity contribution in [3.63, 3.8) is 0 Å². The lowest BCUT2D eigenvalue weighted by Crippen LogP contribution is -2.10. The second-order valence-corrected chi connectivity index (χ2v) is 17.7. The van der Waals surface area contributed by atoms with Gasteiger partial charge in [0.25, 0.3) is 0 Å². The third-order valence-corrected chi connectivity index (χ3v) is 13.7. The van der Waals surface area contributed by atoms with Gasteiger partial charge in [0.15, 0.2) is 0 Å². The predicted octanol–water partition coefficient (Wildman–Crippen LogP) is 18.5. The Kier molecular flexibility index (Phi) is 9.84. The smallest absolute Gasteiger partial charge is 0.136 e. The Bertz CT molecular complexity index is 3920. The number of benzene rings is 11. The molecule has 324 valence electrons. The van der Waals surface area contributed by atoms with Crippen molar-refractivity contribution in [2.24, 2.45) is 0 Å². The summed E-state index contributed by atoms with van der Waals surface area (Å²) in [5.41, 5.74) is 20.3. The molecule has 0 radical (unpaired) electrons. The summed E-state index contributed by atoms with van der Waals surface area (Å²) in [5.74, 6) is 0. The summed E-state index contributed by atoms with van der Waals surface area (Å²) in [4.78, 5) is 2.36. The van der Waals surface area contributed by atoms with E-state index >= 15 is 0 Å². The molecule has 69 heavy (non-hydrogen) atoms. The van der Waals surface area contributed by atoms with Crippen LogP contribution >= 0.6 is 0 Å². The van der Waals surface area contributed by atoms with Crippen molar-refractivity contribution in [3.8, 4) is 61.3 Å². The summed E-state index contributed by atoms with van der Waals surface area (Å²) in [5, 5.41) is 4.77. The van der Waals surface area contributed by atoms with Gasteiger partial charge < -0.3 is 13.9 Å². The molecule has 2 aromatic heterocycles. The Morgan fingerprint density at radius 3 is 1.25 bits per heavy atom. The van der Waals surface area contributed by atoms with Gasteiger partial charge in [0.1, 0.15) is 11.2 Å². The quantitative estimate of drug-likeness (QED) is 0.144. The van der Waals surface area contributed by atoms with Gasteiger partial charge in [-0.1, -0.05) is 194 Å². The molecule has 0 unspecified atom stereocenters. The summed E-state index contributed by atoms with van der Waals surface area (Å²) in [6.45, 7) is 0. The Morgan fingerprint density at radius 2 is 0.652 bits per heavy atom. The summed E-state index contributed by atoms with van der Waals surface area (Å²) >= 11 is 0. The molecule has 3 heteroatoms. The van der Waals surface area contributed by atoms with Crippen LogP contribution in [0.1, 0.15) is 0 Å². The molecule has 0 aliphatic rings. The highest BCUT2D eigenvalue weighted by Crippen LogP contribution is 2.42. The fourth-order valence-corrected chi connectivity index (χ4v) is 10.3. The van der Waals surface area contributed by atoms with Crippen molar-refractivity contribution < 1.29 is 4.42 Å². The molecule has 11 aromatic carbocycles. The maximum Gasteiger partial charge on any atom is 0.136 e. The van der Waals surface area contributed by atoms with Gasteiger partial charge in [-0.25, -0.2) is 0 Å². The minimum atomic E-state index is 0.894. The van der Waals surface area contributed by atoms with Gasteiger partial charge in [0.2, 0.25) is 0 Å². The zero-order valence-electron chi connectivity index (χ0n) is 37.7. The third kappa shape index (κ3) is 7.16. The normalized spacial score (nSPS) is 11.5. The number of fused-ring (bicyclic) bond motifs is 6. The SMILES string of the molecule is c1ccc(-c2ccc(-c3ccc(N(c4ccc(-c5ccccc5-c5ccc6c(c5)oc5ccccc56)cc4)c4ccc(-c5ccccc5-n5c6ccccc6c6ccccc65)cc4)cc3)cc2)cc1. The number of aromatic nitrogens is 1. The standard InChI is InChI=1S/C66H44N2O/c1-2-14-45(15-3-1)46-26-28-47(29-27-46)48-30-37-52(38-31-48)67(53-39-32-49(33-40-53)55-16-4-5-17-56(55)51-36-43-61-60-21-9-13-25-65(60)69-66(61)44-51)54-41-34-50(35-42-54)57-18-6-10-22-62(57)68-63-23-11-7-19-58(63)59-20-8-12-24-64(59)68/h1-44H. The molecule has 3 nitrogen and oxygen atoms in total. The molecule has 0 aliphatic carbocycles. The average molecular weight is 881 g/mol. The van der Waals surface area contributed by atoms with Crippen molar-refractivity contribution in [3.05, 3.63) is 267 Å². The van der Waals surface area contributed by atoms with Crippen molar-refractivity contribution in [2.75, 3.05) is 4.90 Å². The molecule has 0 saturated heterocycles. The first-order valence-corrected chi connectivity index (χ1v) is 23.6. The Labute approximate surface area is 401 Å². The van der Waals surface area contributed by atoms with Crippen LogP contribution < -0.4 is 4.90 Å². The number of para-hydroxylation sites is 4. The van der Waals surface area contributed by atoms with E-state index in [0.29, 0.717) is 0 Å². The lowest BCUT2D eigenvalue weighted by molar-refractivity contribution is 0.669. The number of rotatable bonds is 9. The van der Waals surface area contributed by atoms with E-state index in [2.05, 4.69) is 264 Å². The maximum atomic E-state index is 6.32. The molecule has 0 fully saturated rings. The van der Waals surface area contributed by atoms with E-state index in [1.54, 1.807) is 0 Å². The van der Waals surface area contributed by atoms with Crippen LogP contribution in [0.25, 0.3) is 105 Å². The summed E-state index contributed by atoms with van der Waals surface area (Å²) in [7, 11) is 0. The van der Waals surface area contributed by atoms with Crippen molar-refractivity contribution in [1.29, 1.82) is 0 Å². The lowest BCUT2D eigenvalue weighted by atomic mass is 9.94. The van der Waals surface area contributed by atoms with Gasteiger partial charge in [-0.3, -0.25) is 0 Å². The number of hydrogen-bond acceptors (Lipinski definition) is 2. The fraction of sp³-hybridized carbons (Fsp3) is 0. The first-order valence-electron chi connectivity index (χ1n) is 23.6. The molecule has 0 N–H and O–H groups in total. The summed E-state index contributed by atoms with van der Waals surface area (Å²) in [6.07, 6.45) is 0. The van der Waals surface area contributed by atoms with Crippen LogP contribution in [-0.2, 0) is 0 Å². The minimum absolute atomic E-state index is 0.894. The highest BCUT2D eigenvalue weighted by molar-refractivity contribution is 6.10. The van der Waals surface area contributed by atoms with Crippen molar-refractivity contribution >= 4 is 60.8 Å². The number of furan rings is 1. The van der Waals surface area contributed by atoms with Gasteiger partial charge in [-0.2, -0.15) is 0 Å². The van der Waals surface area contributed by atoms with Gasteiger partial charge in [0, 0.05) is 44.2 Å². The Balaban J connectivity index is 0.876. The van der Waals surface area contributed by atoms with Crippen LogP contribution in [0.5, 0.6) is 0 Å². The molecule has 0 amide bonds. The monoisotopic (exact) mass is 880 g/mol. The van der Waals surface area contributed by atoms with Crippen LogP contribution in [0.15, 0.2) is 271 Å². The van der Waals surface area contributed by atoms with Gasteiger partial charge in [-0.15, -0.1) is 0 Å². The predicted molar refractivity (Wildman–Crippen MR) is 290 cm³/mol. The zero-order chi connectivity index (χ0) is 45.7. The van der Waals surface area contributed by atoms with Crippen LogP contribution in [0.2, 0.25) is 0 Å². The molecule has 0 atom stereocenters. The highest BCUT2D eigenvalue weighted by Gasteiger charge is 2.18. The van der Waals surface area contributed by atoms with Gasteiger partial charge >= 0.3 is 0 Å². The Morgan fingerprint density at radius 1 is 0.261 bits per heavy atom. The number of hydrogen-bond donors (Lipinski definition) is 0. The van der Waals surface area contributed by atoms with Crippen molar-refractivity contribution in [1.82, 2.24) is 4.57 Å². The summed E-state index contributed by atoms with van der Waals surface area (Å²) in [6, 6.07) is 96.0. The van der Waals surface area contributed by atoms with E-state index in [1.165, 1.54) is 55.2 Å². The molecule has 0 spiro atoms. The first kappa shape index (κ1) is 40.1. The molecular weight excluding hydrogens is 837 g/mol. The van der Waals surface area contributed by atoms with E-state index < -0.39 is 0 Å². The average Bonchev–Trinajstić information content (AvgIpc) is 3.97. The van der Waals surface area contributed by atoms with E-state index in [9.17, 15) is 0 Å². The fourth-order valence-electron chi connectivity index (χ4n) is 10.3. The number of nitrogens with zero attached hydrogens (tertiary/aromatic N) is 2. The maximum absolute atomic E-state index is 6.32. The van der Waals surface area contributed by atoms with Crippen LogP contribution in [0.3, 0.4) is 0 Å². The van der Waals surface area contributed by atoms with E-state index in [1.807, 2.05) is 12.1 Å². The minimum Gasteiger partial charge on any atom is -0.456 e. The van der Waals surface area contributed by atoms with Gasteiger partial charge in [-0.05, 0) is 123 Å². The third-order valence-electron chi connectivity index (χ3n) is 13.7. The van der Waals surface area contributed by atoms with E-state index in [-0.39, 0.29) is 0 Å². The topological polar surface area (TPSA) is 21.3 Å². The molecule has 0 bridgehead atoms. The molecular formula is C66H44N2O. The molecule has 13 aromatic rings. The van der Waals surface area contributed by atoms with E-state index in [0.717, 1.165) is 66.9 Å². The molecule has 0 aliphatic heterocycles. The number of anilines is 3. The molecule has 0 saturated carbocycles. The van der Waals surface area contributed by atoms with E-state index in [4.69, 9.17) is 4.42 Å². The second-order valence-electron chi connectivity index (χ2n) is 17.7. The van der Waals surface area contributed by atoms with Crippen LogP contribution in [-0.4, -0.2) is 4.57 Å². The summed E-state index contributed by atoms with van der Waals surface area (Å²) < 4.78 is 8.73.